The van der Waals surface area contributed by atoms with Crippen LogP contribution in [0.5, 0.6) is 0 Å². The minimum Gasteiger partial charge on any atom is -0.481 e. The van der Waals surface area contributed by atoms with Crippen LogP contribution in [0.25, 0.3) is 0 Å². The lowest BCUT2D eigenvalue weighted by atomic mass is 10.1. The molecule has 1 aromatic rings. The van der Waals surface area contributed by atoms with Crippen LogP contribution >= 0.6 is 15.9 Å². The van der Waals surface area contributed by atoms with Crippen LogP contribution in [0.2, 0.25) is 0 Å². The molecule has 1 saturated carbocycles. The molecule has 1 aliphatic rings. The van der Waals surface area contributed by atoms with Crippen molar-refractivity contribution in [2.45, 2.75) is 20.8 Å². The van der Waals surface area contributed by atoms with Gasteiger partial charge in [0.25, 0.3) is 0 Å². The zero-order valence-electron chi connectivity index (χ0n) is 11.3. The number of carboxylic acid groups (broad SMARTS) is 1. The molecule has 2 unspecified atom stereocenters. The summed E-state index contributed by atoms with van der Waals surface area (Å²) in [6, 6.07) is 2.79. The van der Waals surface area contributed by atoms with E-state index in [0.717, 1.165) is 0 Å². The minimum atomic E-state index is -0.978. The van der Waals surface area contributed by atoms with Crippen LogP contribution in [0, 0.1) is 30.0 Å². The monoisotopic (exact) mass is 343 g/mol. The molecule has 0 spiro atoms. The van der Waals surface area contributed by atoms with Crippen LogP contribution in [-0.4, -0.2) is 17.0 Å². The summed E-state index contributed by atoms with van der Waals surface area (Å²) in [6.07, 6.45) is 0. The highest BCUT2D eigenvalue weighted by Crippen LogP contribution is 2.58. The van der Waals surface area contributed by atoms with Gasteiger partial charge in [0.1, 0.15) is 5.82 Å². The number of nitrogens with one attached hydrogen (secondary N) is 1. The summed E-state index contributed by atoms with van der Waals surface area (Å²) in [7, 11) is 0. The van der Waals surface area contributed by atoms with Crippen molar-refractivity contribution >= 4 is 33.5 Å². The molecule has 6 heteroatoms. The molecule has 4 nitrogen and oxygen atoms in total. The van der Waals surface area contributed by atoms with E-state index < -0.39 is 29.0 Å². The van der Waals surface area contributed by atoms with Crippen molar-refractivity contribution in [2.24, 2.45) is 17.3 Å². The van der Waals surface area contributed by atoms with Crippen molar-refractivity contribution in [3.63, 3.8) is 0 Å². The van der Waals surface area contributed by atoms with Gasteiger partial charge >= 0.3 is 5.97 Å². The first kappa shape index (κ1) is 15.0. The van der Waals surface area contributed by atoms with Crippen molar-refractivity contribution in [2.75, 3.05) is 5.32 Å². The van der Waals surface area contributed by atoms with E-state index in [1.165, 1.54) is 6.07 Å². The Morgan fingerprint density at radius 3 is 2.45 bits per heavy atom. The van der Waals surface area contributed by atoms with Crippen LogP contribution in [0.3, 0.4) is 0 Å². The van der Waals surface area contributed by atoms with Gasteiger partial charge in [-0.2, -0.15) is 0 Å². The third kappa shape index (κ3) is 2.44. The first-order valence-electron chi connectivity index (χ1n) is 6.15. The van der Waals surface area contributed by atoms with Gasteiger partial charge in [-0.25, -0.2) is 4.39 Å². The Morgan fingerprint density at radius 2 is 1.95 bits per heavy atom. The Kier molecular flexibility index (Phi) is 3.62. The quantitative estimate of drug-likeness (QED) is 0.885. The normalized spacial score (nSPS) is 23.2. The predicted molar refractivity (Wildman–Crippen MR) is 75.9 cm³/mol. The van der Waals surface area contributed by atoms with Crippen molar-refractivity contribution in [3.05, 3.63) is 28.0 Å². The third-order valence-corrected chi connectivity index (χ3v) is 4.51. The van der Waals surface area contributed by atoms with Gasteiger partial charge in [-0.3, -0.25) is 9.59 Å². The smallest absolute Gasteiger partial charge is 0.307 e. The largest absolute Gasteiger partial charge is 0.481 e. The molecule has 2 atom stereocenters. The first-order valence-corrected chi connectivity index (χ1v) is 6.95. The maximum Gasteiger partial charge on any atom is 0.307 e. The van der Waals surface area contributed by atoms with Crippen LogP contribution in [-0.2, 0) is 9.59 Å². The highest BCUT2D eigenvalue weighted by atomic mass is 79.9. The van der Waals surface area contributed by atoms with Gasteiger partial charge in [-0.15, -0.1) is 0 Å². The molecule has 2 N–H and O–H groups in total. The molecular formula is C14H15BrFNO3. The van der Waals surface area contributed by atoms with Crippen molar-refractivity contribution < 1.29 is 19.1 Å². The number of amides is 1. The van der Waals surface area contributed by atoms with Crippen LogP contribution in [0.15, 0.2) is 16.6 Å². The summed E-state index contributed by atoms with van der Waals surface area (Å²) in [4.78, 5) is 23.2. The zero-order chi connectivity index (χ0) is 15.2. The molecule has 0 saturated heterocycles. The summed E-state index contributed by atoms with van der Waals surface area (Å²) in [5.74, 6) is -3.12. The summed E-state index contributed by atoms with van der Waals surface area (Å²) >= 11 is 3.07. The number of halogens is 2. The zero-order valence-corrected chi connectivity index (χ0v) is 12.9. The number of aryl methyl sites for hydroxylation is 1. The molecule has 0 bridgehead atoms. The fraction of sp³-hybridized carbons (Fsp3) is 0.429. The molecule has 0 radical (unpaired) electrons. The SMILES string of the molecule is Cc1cc(Br)c(F)cc1NC(=O)C1C(C(=O)O)C1(C)C. The standard InChI is InChI=1S/C14H15BrFNO3/c1-6-4-7(15)8(16)5-9(6)17-12(18)10-11(13(19)20)14(10,2)3/h4-5,10-11H,1-3H3,(H,17,18)(H,19,20). The van der Waals surface area contributed by atoms with Gasteiger partial charge in [0.15, 0.2) is 0 Å². The lowest BCUT2D eigenvalue weighted by molar-refractivity contribution is -0.140. The lowest BCUT2D eigenvalue weighted by Gasteiger charge is -2.10. The van der Waals surface area contributed by atoms with Crippen molar-refractivity contribution in [1.29, 1.82) is 0 Å². The van der Waals surface area contributed by atoms with Gasteiger partial charge in [-0.05, 0) is 46.0 Å². The maximum atomic E-state index is 13.5. The van der Waals surface area contributed by atoms with Crippen LogP contribution in [0.1, 0.15) is 19.4 Å². The Bertz CT molecular complexity index is 600. The molecule has 1 aromatic carbocycles. The molecule has 2 rings (SSSR count). The topological polar surface area (TPSA) is 66.4 Å². The van der Waals surface area contributed by atoms with Gasteiger partial charge < -0.3 is 10.4 Å². The van der Waals surface area contributed by atoms with E-state index >= 15 is 0 Å². The van der Waals surface area contributed by atoms with Gasteiger partial charge in [0.2, 0.25) is 5.91 Å². The molecule has 1 fully saturated rings. The minimum absolute atomic E-state index is 0.322. The van der Waals surface area contributed by atoms with Crippen LogP contribution < -0.4 is 5.32 Å². The van der Waals surface area contributed by atoms with E-state index in [-0.39, 0.29) is 5.91 Å². The molecule has 108 valence electrons. The Balaban J connectivity index is 2.18. The highest BCUT2D eigenvalue weighted by molar-refractivity contribution is 9.10. The Morgan fingerprint density at radius 1 is 1.35 bits per heavy atom. The molecule has 1 aliphatic carbocycles. The van der Waals surface area contributed by atoms with Gasteiger partial charge in [0, 0.05) is 5.69 Å². The number of carboxylic acids is 1. The van der Waals surface area contributed by atoms with E-state index in [4.69, 9.17) is 5.11 Å². The summed E-state index contributed by atoms with van der Waals surface area (Å²) in [5.41, 5.74) is 0.497. The second kappa shape index (κ2) is 4.84. The van der Waals surface area contributed by atoms with E-state index in [9.17, 15) is 14.0 Å². The maximum absolute atomic E-state index is 13.5. The first-order chi connectivity index (χ1) is 9.16. The summed E-state index contributed by atoms with van der Waals surface area (Å²) < 4.78 is 13.8. The van der Waals surface area contributed by atoms with E-state index in [1.807, 2.05) is 0 Å². The highest BCUT2D eigenvalue weighted by Gasteiger charge is 2.65. The number of hydrogen-bond acceptors (Lipinski definition) is 2. The van der Waals surface area contributed by atoms with Crippen molar-refractivity contribution in [3.8, 4) is 0 Å². The number of rotatable bonds is 3. The fourth-order valence-corrected chi connectivity index (χ4v) is 3.04. The lowest BCUT2D eigenvalue weighted by Crippen LogP contribution is -2.18. The number of anilines is 1. The van der Waals surface area contributed by atoms with Gasteiger partial charge in [-0.1, -0.05) is 13.8 Å². The number of carbonyl (C=O) groups excluding carboxylic acids is 1. The molecule has 0 aliphatic heterocycles. The van der Waals surface area contributed by atoms with Gasteiger partial charge in [0.05, 0.1) is 16.3 Å². The summed E-state index contributed by atoms with van der Waals surface area (Å²) in [6.45, 7) is 5.22. The Labute approximate surface area is 124 Å². The average molecular weight is 344 g/mol. The average Bonchev–Trinajstić information content (AvgIpc) is 2.89. The van der Waals surface area contributed by atoms with Crippen molar-refractivity contribution in [1.82, 2.24) is 0 Å². The molecule has 20 heavy (non-hydrogen) atoms. The summed E-state index contributed by atoms with van der Waals surface area (Å²) in [5, 5.41) is 11.7. The number of benzene rings is 1. The Hall–Kier alpha value is -1.43. The molecule has 0 heterocycles. The third-order valence-electron chi connectivity index (χ3n) is 3.90. The number of carbonyl (C=O) groups is 2. The second-order valence-electron chi connectivity index (χ2n) is 5.69. The number of hydrogen-bond donors (Lipinski definition) is 2. The van der Waals surface area contributed by atoms with Crippen LogP contribution in [0.4, 0.5) is 10.1 Å². The second-order valence-corrected chi connectivity index (χ2v) is 6.54. The van der Waals surface area contributed by atoms with E-state index in [1.54, 1.807) is 26.8 Å². The molecular weight excluding hydrogens is 329 g/mol. The number of aliphatic carboxylic acids is 1. The fourth-order valence-electron chi connectivity index (χ4n) is 2.58. The predicted octanol–water partition coefficient (Wildman–Crippen LogP) is 3.19. The van der Waals surface area contributed by atoms with E-state index in [2.05, 4.69) is 21.2 Å². The van der Waals surface area contributed by atoms with E-state index in [0.29, 0.717) is 15.7 Å². The molecule has 1 amide bonds. The molecule has 0 aromatic heterocycles.